The molecule has 1 aliphatic heterocycles. The van der Waals surface area contributed by atoms with Crippen LogP contribution in [0.3, 0.4) is 0 Å². The van der Waals surface area contributed by atoms with Crippen molar-refractivity contribution in [2.45, 2.75) is 13.3 Å². The summed E-state index contributed by atoms with van der Waals surface area (Å²) in [5, 5.41) is 5.40. The third-order valence-corrected chi connectivity index (χ3v) is 5.79. The number of amides is 2. The van der Waals surface area contributed by atoms with Gasteiger partial charge in [-0.3, -0.25) is 14.3 Å². The molecule has 3 aromatic rings. The predicted octanol–water partition coefficient (Wildman–Crippen LogP) is 3.96. The Kier molecular flexibility index (Phi) is 6.06. The maximum Gasteiger partial charge on any atom is 0.257 e. The zero-order valence-corrected chi connectivity index (χ0v) is 19.1. The summed E-state index contributed by atoms with van der Waals surface area (Å²) in [6.45, 7) is 2.24. The SMILES string of the molecule is CC(=O)Nc1ccc(NS(C)(=O)=O)c(C(=O)Nc2ccc(N3CCc4ccccc43)cc2)c1. The monoisotopic (exact) mass is 464 g/mol. The summed E-state index contributed by atoms with van der Waals surface area (Å²) in [6.07, 6.45) is 1.99. The van der Waals surface area contributed by atoms with Crippen LogP contribution in [0.1, 0.15) is 22.8 Å². The van der Waals surface area contributed by atoms with Gasteiger partial charge >= 0.3 is 0 Å². The predicted molar refractivity (Wildman–Crippen MR) is 131 cm³/mol. The number of para-hydroxylation sites is 1. The third-order valence-electron chi connectivity index (χ3n) is 5.20. The van der Waals surface area contributed by atoms with Crippen molar-refractivity contribution in [3.8, 4) is 0 Å². The summed E-state index contributed by atoms with van der Waals surface area (Å²) >= 11 is 0. The second-order valence-electron chi connectivity index (χ2n) is 7.85. The first-order valence-electron chi connectivity index (χ1n) is 10.4. The molecule has 0 unspecified atom stereocenters. The smallest absolute Gasteiger partial charge is 0.257 e. The molecule has 0 radical (unpaired) electrons. The largest absolute Gasteiger partial charge is 0.341 e. The highest BCUT2D eigenvalue weighted by atomic mass is 32.2. The lowest BCUT2D eigenvalue weighted by molar-refractivity contribution is -0.114. The van der Waals surface area contributed by atoms with Crippen LogP contribution >= 0.6 is 0 Å². The summed E-state index contributed by atoms with van der Waals surface area (Å²) in [5.74, 6) is -0.808. The van der Waals surface area contributed by atoms with Crippen LogP contribution < -0.4 is 20.3 Å². The van der Waals surface area contributed by atoms with Crippen LogP contribution in [0.5, 0.6) is 0 Å². The summed E-state index contributed by atoms with van der Waals surface area (Å²) in [4.78, 5) is 26.6. The first-order chi connectivity index (χ1) is 15.7. The molecule has 8 nitrogen and oxygen atoms in total. The minimum atomic E-state index is -3.60. The Morgan fingerprint density at radius 3 is 2.30 bits per heavy atom. The van der Waals surface area contributed by atoms with Gasteiger partial charge in [-0.05, 0) is 60.5 Å². The van der Waals surface area contributed by atoms with E-state index in [9.17, 15) is 18.0 Å². The molecular weight excluding hydrogens is 440 g/mol. The zero-order valence-electron chi connectivity index (χ0n) is 18.3. The summed E-state index contributed by atoms with van der Waals surface area (Å²) in [5.41, 5.74) is 4.66. The van der Waals surface area contributed by atoms with Gasteiger partial charge in [-0.25, -0.2) is 8.42 Å². The second-order valence-corrected chi connectivity index (χ2v) is 9.60. The van der Waals surface area contributed by atoms with Crippen LogP contribution in [0.15, 0.2) is 66.7 Å². The summed E-state index contributed by atoms with van der Waals surface area (Å²) in [7, 11) is -3.60. The van der Waals surface area contributed by atoms with Crippen molar-refractivity contribution >= 4 is 50.3 Å². The van der Waals surface area contributed by atoms with E-state index in [1.807, 2.05) is 24.3 Å². The van der Waals surface area contributed by atoms with E-state index < -0.39 is 15.9 Å². The molecule has 0 aromatic heterocycles. The lowest BCUT2D eigenvalue weighted by Gasteiger charge is -2.20. The standard InChI is InChI=1S/C24H24N4O4S/c1-16(29)25-19-9-12-22(27-33(2,31)32)21(15-19)24(30)26-18-7-10-20(11-8-18)28-14-13-17-5-3-4-6-23(17)28/h3-12,15,27H,13-14H2,1-2H3,(H,25,29)(H,26,30). The van der Waals surface area contributed by atoms with Crippen molar-refractivity contribution in [1.29, 1.82) is 0 Å². The van der Waals surface area contributed by atoms with Crippen molar-refractivity contribution in [2.24, 2.45) is 0 Å². The van der Waals surface area contributed by atoms with Gasteiger partial charge in [0, 0.05) is 36.2 Å². The Morgan fingerprint density at radius 1 is 0.909 bits per heavy atom. The first kappa shape index (κ1) is 22.3. The number of anilines is 5. The number of fused-ring (bicyclic) bond motifs is 1. The fourth-order valence-corrected chi connectivity index (χ4v) is 4.41. The molecule has 0 spiro atoms. The molecule has 170 valence electrons. The van der Waals surface area contributed by atoms with Gasteiger partial charge in [-0.2, -0.15) is 0 Å². The highest BCUT2D eigenvalue weighted by molar-refractivity contribution is 7.92. The topological polar surface area (TPSA) is 108 Å². The van der Waals surface area contributed by atoms with Crippen LogP contribution in [-0.4, -0.2) is 33.0 Å². The van der Waals surface area contributed by atoms with E-state index in [-0.39, 0.29) is 17.2 Å². The molecule has 33 heavy (non-hydrogen) atoms. The van der Waals surface area contributed by atoms with Gasteiger partial charge in [0.25, 0.3) is 5.91 Å². The molecule has 0 saturated carbocycles. The quantitative estimate of drug-likeness (QED) is 0.512. The van der Waals surface area contributed by atoms with Crippen molar-refractivity contribution in [2.75, 3.05) is 33.1 Å². The zero-order chi connectivity index (χ0) is 23.6. The van der Waals surface area contributed by atoms with Gasteiger partial charge in [0.2, 0.25) is 15.9 Å². The second kappa shape index (κ2) is 8.95. The molecule has 9 heteroatoms. The van der Waals surface area contributed by atoms with Crippen molar-refractivity contribution in [3.05, 3.63) is 77.9 Å². The molecule has 4 rings (SSSR count). The fourth-order valence-electron chi connectivity index (χ4n) is 3.83. The van der Waals surface area contributed by atoms with Crippen LogP contribution in [-0.2, 0) is 21.2 Å². The van der Waals surface area contributed by atoms with Gasteiger partial charge in [0.05, 0.1) is 17.5 Å². The minimum absolute atomic E-state index is 0.0872. The average molecular weight is 465 g/mol. The summed E-state index contributed by atoms with van der Waals surface area (Å²) < 4.78 is 25.8. The number of hydrogen-bond donors (Lipinski definition) is 3. The lowest BCUT2D eigenvalue weighted by Crippen LogP contribution is -2.18. The Bertz CT molecular complexity index is 1320. The molecule has 0 fully saturated rings. The lowest BCUT2D eigenvalue weighted by atomic mass is 10.1. The van der Waals surface area contributed by atoms with Gasteiger partial charge in [-0.1, -0.05) is 18.2 Å². The highest BCUT2D eigenvalue weighted by Gasteiger charge is 2.20. The Balaban J connectivity index is 1.56. The number of hydrogen-bond acceptors (Lipinski definition) is 5. The molecule has 3 aromatic carbocycles. The van der Waals surface area contributed by atoms with Gasteiger partial charge in [0.1, 0.15) is 0 Å². The van der Waals surface area contributed by atoms with E-state index in [4.69, 9.17) is 0 Å². The molecule has 3 N–H and O–H groups in total. The van der Waals surface area contributed by atoms with E-state index >= 15 is 0 Å². The van der Waals surface area contributed by atoms with E-state index in [1.165, 1.54) is 36.4 Å². The van der Waals surface area contributed by atoms with Crippen molar-refractivity contribution in [1.82, 2.24) is 0 Å². The molecule has 0 saturated heterocycles. The number of benzene rings is 3. The van der Waals surface area contributed by atoms with Crippen molar-refractivity contribution in [3.63, 3.8) is 0 Å². The maximum absolute atomic E-state index is 13.0. The van der Waals surface area contributed by atoms with Gasteiger partial charge in [-0.15, -0.1) is 0 Å². The number of sulfonamides is 1. The van der Waals surface area contributed by atoms with E-state index in [0.29, 0.717) is 11.4 Å². The van der Waals surface area contributed by atoms with Crippen LogP contribution in [0, 0.1) is 0 Å². The molecule has 1 heterocycles. The molecule has 0 atom stereocenters. The highest BCUT2D eigenvalue weighted by Crippen LogP contribution is 2.34. The van der Waals surface area contributed by atoms with E-state index in [1.54, 1.807) is 12.1 Å². The summed E-state index contributed by atoms with van der Waals surface area (Å²) in [6, 6.07) is 20.1. The average Bonchev–Trinajstić information content (AvgIpc) is 3.18. The van der Waals surface area contributed by atoms with E-state index in [0.717, 1.165) is 24.9 Å². The Hall–Kier alpha value is -3.85. The van der Waals surface area contributed by atoms with Crippen LogP contribution in [0.4, 0.5) is 28.4 Å². The number of nitrogens with one attached hydrogen (secondary N) is 3. The fraction of sp³-hybridized carbons (Fsp3) is 0.167. The Morgan fingerprint density at radius 2 is 1.61 bits per heavy atom. The first-order valence-corrected chi connectivity index (χ1v) is 12.2. The molecule has 0 aliphatic carbocycles. The number of nitrogens with zero attached hydrogens (tertiary/aromatic N) is 1. The van der Waals surface area contributed by atoms with Gasteiger partial charge < -0.3 is 15.5 Å². The maximum atomic E-state index is 13.0. The van der Waals surface area contributed by atoms with Gasteiger partial charge in [0.15, 0.2) is 0 Å². The third kappa shape index (κ3) is 5.32. The molecular formula is C24H24N4O4S. The Labute approximate surface area is 192 Å². The molecule has 1 aliphatic rings. The van der Waals surface area contributed by atoms with E-state index in [2.05, 4.69) is 32.4 Å². The number of carbonyl (C=O) groups excluding carboxylic acids is 2. The van der Waals surface area contributed by atoms with Crippen LogP contribution in [0.25, 0.3) is 0 Å². The number of carbonyl (C=O) groups is 2. The number of rotatable bonds is 6. The molecule has 2 amide bonds. The van der Waals surface area contributed by atoms with Crippen LogP contribution in [0.2, 0.25) is 0 Å². The normalized spacial score (nSPS) is 12.7. The van der Waals surface area contributed by atoms with Crippen molar-refractivity contribution < 1.29 is 18.0 Å². The minimum Gasteiger partial charge on any atom is -0.341 e. The molecule has 0 bridgehead atoms.